The molecule has 0 N–H and O–H groups in total. The van der Waals surface area contributed by atoms with Gasteiger partial charge in [0, 0.05) is 19.2 Å². The predicted molar refractivity (Wildman–Crippen MR) is 93.4 cm³/mol. The third-order valence-corrected chi connectivity index (χ3v) is 8.67. The van der Waals surface area contributed by atoms with Crippen LogP contribution in [0.15, 0.2) is 29.2 Å². The van der Waals surface area contributed by atoms with Crippen LogP contribution in [-0.4, -0.2) is 52.3 Å². The zero-order valence-corrected chi connectivity index (χ0v) is 15.9. The Hall–Kier alpha value is -1.12. The highest BCUT2D eigenvalue weighted by Gasteiger charge is 2.35. The van der Waals surface area contributed by atoms with E-state index in [1.165, 1.54) is 23.5 Å². The minimum absolute atomic E-state index is 0.0774. The Morgan fingerprint density at radius 3 is 2.33 bits per heavy atom. The summed E-state index contributed by atoms with van der Waals surface area (Å²) in [5.41, 5.74) is 0. The van der Waals surface area contributed by atoms with Crippen LogP contribution < -0.4 is 4.74 Å². The Balaban J connectivity index is 2.11. The van der Waals surface area contributed by atoms with E-state index in [1.54, 1.807) is 12.1 Å². The first-order valence-corrected chi connectivity index (χ1v) is 11.2. The second-order valence-electron chi connectivity index (χ2n) is 6.51. The van der Waals surface area contributed by atoms with E-state index >= 15 is 0 Å². The van der Waals surface area contributed by atoms with Crippen LogP contribution in [0, 0.1) is 5.92 Å². The Morgan fingerprint density at radius 1 is 1.17 bits per heavy atom. The molecule has 1 fully saturated rings. The highest BCUT2D eigenvalue weighted by atomic mass is 32.2. The lowest BCUT2D eigenvalue weighted by atomic mass is 10.2. The van der Waals surface area contributed by atoms with E-state index in [0.29, 0.717) is 18.6 Å². The number of ether oxygens (including phenoxy) is 1. The van der Waals surface area contributed by atoms with Crippen LogP contribution in [0.5, 0.6) is 5.75 Å². The molecule has 1 aliphatic rings. The molecule has 0 spiro atoms. The Morgan fingerprint density at radius 2 is 1.79 bits per heavy atom. The van der Waals surface area contributed by atoms with Crippen LogP contribution in [0.1, 0.15) is 26.7 Å². The molecular weight excluding hydrogens is 350 g/mol. The van der Waals surface area contributed by atoms with Gasteiger partial charge in [-0.2, -0.15) is 4.31 Å². The zero-order chi connectivity index (χ0) is 18.0. The van der Waals surface area contributed by atoms with Crippen molar-refractivity contribution in [3.63, 3.8) is 0 Å². The number of rotatable bonds is 6. The van der Waals surface area contributed by atoms with Crippen molar-refractivity contribution in [3.8, 4) is 5.75 Å². The molecule has 6 nitrogen and oxygen atoms in total. The van der Waals surface area contributed by atoms with Gasteiger partial charge >= 0.3 is 0 Å². The van der Waals surface area contributed by atoms with E-state index in [4.69, 9.17) is 4.74 Å². The molecule has 0 radical (unpaired) electrons. The molecule has 136 valence electrons. The first kappa shape index (κ1) is 19.2. The minimum Gasteiger partial charge on any atom is -0.497 e. The number of sulfonamides is 1. The number of hydrogen-bond donors (Lipinski definition) is 0. The van der Waals surface area contributed by atoms with Gasteiger partial charge in [0.25, 0.3) is 0 Å². The van der Waals surface area contributed by atoms with E-state index < -0.39 is 25.1 Å². The van der Waals surface area contributed by atoms with Crippen molar-refractivity contribution in [2.45, 2.75) is 36.8 Å². The van der Waals surface area contributed by atoms with E-state index in [2.05, 4.69) is 0 Å². The molecule has 2 rings (SSSR count). The second kappa shape index (κ2) is 7.41. The van der Waals surface area contributed by atoms with Crippen molar-refractivity contribution in [3.05, 3.63) is 24.3 Å². The van der Waals surface area contributed by atoms with Crippen molar-refractivity contribution >= 4 is 19.9 Å². The quantitative estimate of drug-likeness (QED) is 0.759. The first-order chi connectivity index (χ1) is 11.2. The Labute approximate surface area is 144 Å². The molecule has 1 aromatic carbocycles. The van der Waals surface area contributed by atoms with Gasteiger partial charge in [-0.3, -0.25) is 0 Å². The molecule has 0 amide bonds. The SMILES string of the molecule is COc1cccc(S(=O)(=O)N2CCC(S(=O)(=O)CC(C)C)CC2)c1. The maximum Gasteiger partial charge on any atom is 0.243 e. The summed E-state index contributed by atoms with van der Waals surface area (Å²) >= 11 is 0. The molecule has 1 aliphatic heterocycles. The highest BCUT2D eigenvalue weighted by Crippen LogP contribution is 2.26. The lowest BCUT2D eigenvalue weighted by Gasteiger charge is -2.31. The number of piperidine rings is 1. The maximum atomic E-state index is 12.7. The molecule has 0 bridgehead atoms. The van der Waals surface area contributed by atoms with Gasteiger partial charge in [0.1, 0.15) is 5.75 Å². The standard InChI is InChI=1S/C16H25NO5S2/c1-13(2)12-23(18,19)15-7-9-17(10-8-15)24(20,21)16-6-4-5-14(11-16)22-3/h4-6,11,13,15H,7-10,12H2,1-3H3. The largest absolute Gasteiger partial charge is 0.497 e. The van der Waals surface area contributed by atoms with Crippen LogP contribution in [-0.2, 0) is 19.9 Å². The molecule has 1 aromatic rings. The lowest BCUT2D eigenvalue weighted by molar-refractivity contribution is 0.345. The molecule has 0 aromatic heterocycles. The smallest absolute Gasteiger partial charge is 0.243 e. The van der Waals surface area contributed by atoms with Crippen LogP contribution in [0.25, 0.3) is 0 Å². The van der Waals surface area contributed by atoms with Gasteiger partial charge in [-0.25, -0.2) is 16.8 Å². The van der Waals surface area contributed by atoms with Gasteiger partial charge in [0.2, 0.25) is 10.0 Å². The van der Waals surface area contributed by atoms with Gasteiger partial charge in [-0.05, 0) is 30.9 Å². The lowest BCUT2D eigenvalue weighted by Crippen LogP contribution is -2.43. The highest BCUT2D eigenvalue weighted by molar-refractivity contribution is 7.92. The van der Waals surface area contributed by atoms with Crippen molar-refractivity contribution in [2.75, 3.05) is 26.0 Å². The van der Waals surface area contributed by atoms with Gasteiger partial charge in [-0.1, -0.05) is 19.9 Å². The number of hydrogen-bond acceptors (Lipinski definition) is 5. The fourth-order valence-electron chi connectivity index (χ4n) is 2.94. The van der Waals surface area contributed by atoms with Crippen molar-refractivity contribution in [2.24, 2.45) is 5.92 Å². The number of benzene rings is 1. The van der Waals surface area contributed by atoms with Gasteiger partial charge in [-0.15, -0.1) is 0 Å². The summed E-state index contributed by atoms with van der Waals surface area (Å²) in [5.74, 6) is 0.708. The Kier molecular flexibility index (Phi) is 5.93. The van der Waals surface area contributed by atoms with E-state index in [1.807, 2.05) is 13.8 Å². The summed E-state index contributed by atoms with van der Waals surface area (Å²) in [6.45, 7) is 4.20. The monoisotopic (exact) mass is 375 g/mol. The van der Waals surface area contributed by atoms with Gasteiger partial charge in [0.15, 0.2) is 9.84 Å². The molecule has 0 unspecified atom stereocenters. The summed E-state index contributed by atoms with van der Waals surface area (Å²) in [5, 5.41) is -0.448. The molecule has 8 heteroatoms. The molecule has 0 aliphatic carbocycles. The van der Waals surface area contributed by atoms with Crippen molar-refractivity contribution in [1.29, 1.82) is 0 Å². The summed E-state index contributed by atoms with van der Waals surface area (Å²) in [6, 6.07) is 6.33. The average Bonchev–Trinajstić information content (AvgIpc) is 2.54. The minimum atomic E-state index is -3.63. The molecule has 24 heavy (non-hydrogen) atoms. The normalized spacial score (nSPS) is 18.0. The topological polar surface area (TPSA) is 80.8 Å². The number of sulfone groups is 1. The van der Waals surface area contributed by atoms with Gasteiger partial charge in [0.05, 0.1) is 23.0 Å². The predicted octanol–water partition coefficient (Wildman–Crippen LogP) is 1.92. The molecular formula is C16H25NO5S2. The number of nitrogens with zero attached hydrogens (tertiary/aromatic N) is 1. The van der Waals surface area contributed by atoms with Crippen molar-refractivity contribution < 1.29 is 21.6 Å². The Bertz CT molecular complexity index is 763. The molecule has 0 saturated carbocycles. The van der Waals surface area contributed by atoms with Gasteiger partial charge < -0.3 is 4.74 Å². The third kappa shape index (κ3) is 4.29. The molecule has 1 heterocycles. The third-order valence-electron chi connectivity index (χ3n) is 4.15. The molecule has 1 saturated heterocycles. The van der Waals surface area contributed by atoms with Crippen LogP contribution in [0.2, 0.25) is 0 Å². The first-order valence-electron chi connectivity index (χ1n) is 8.02. The summed E-state index contributed by atoms with van der Waals surface area (Å²) in [6.07, 6.45) is 0.691. The fraction of sp³-hybridized carbons (Fsp3) is 0.625. The van der Waals surface area contributed by atoms with E-state index in [9.17, 15) is 16.8 Å². The zero-order valence-electron chi connectivity index (χ0n) is 14.3. The van der Waals surface area contributed by atoms with E-state index in [-0.39, 0.29) is 29.7 Å². The van der Waals surface area contributed by atoms with Crippen LogP contribution >= 0.6 is 0 Å². The van der Waals surface area contributed by atoms with E-state index in [0.717, 1.165) is 0 Å². The summed E-state index contributed by atoms with van der Waals surface area (Å²) in [4.78, 5) is 0.172. The molecule has 0 atom stereocenters. The number of methoxy groups -OCH3 is 1. The van der Waals surface area contributed by atoms with Crippen LogP contribution in [0.3, 0.4) is 0 Å². The summed E-state index contributed by atoms with van der Waals surface area (Å²) < 4.78 is 56.5. The summed E-state index contributed by atoms with van der Waals surface area (Å²) in [7, 11) is -5.31. The maximum absolute atomic E-state index is 12.7. The fourth-order valence-corrected chi connectivity index (χ4v) is 6.58. The second-order valence-corrected chi connectivity index (χ2v) is 10.8. The van der Waals surface area contributed by atoms with Crippen molar-refractivity contribution in [1.82, 2.24) is 4.31 Å². The van der Waals surface area contributed by atoms with Crippen LogP contribution in [0.4, 0.5) is 0 Å². The average molecular weight is 376 g/mol.